The molecule has 0 bridgehead atoms. The Bertz CT molecular complexity index is 1440. The summed E-state index contributed by atoms with van der Waals surface area (Å²) >= 11 is 0. The molecule has 1 aliphatic rings. The largest absolute Gasteiger partial charge is 0.491 e. The van der Waals surface area contributed by atoms with Crippen LogP contribution in [0.2, 0.25) is 0 Å². The fraction of sp³-hybridized carbons (Fsp3) is 0.243. The lowest BCUT2D eigenvalue weighted by Crippen LogP contribution is -2.37. The van der Waals surface area contributed by atoms with Crippen molar-refractivity contribution in [3.63, 3.8) is 0 Å². The first-order chi connectivity index (χ1) is 21.9. The van der Waals surface area contributed by atoms with Gasteiger partial charge < -0.3 is 29.2 Å². The lowest BCUT2D eigenvalue weighted by atomic mass is 9.60. The molecule has 0 saturated carbocycles. The van der Waals surface area contributed by atoms with Gasteiger partial charge in [0, 0.05) is 12.2 Å². The molecule has 45 heavy (non-hydrogen) atoms. The van der Waals surface area contributed by atoms with Crippen molar-refractivity contribution in [2.75, 3.05) is 26.4 Å². The molecule has 0 fully saturated rings. The Morgan fingerprint density at radius 2 is 1.22 bits per heavy atom. The first kappa shape index (κ1) is 33.0. The van der Waals surface area contributed by atoms with Crippen LogP contribution in [-0.2, 0) is 29.2 Å². The van der Waals surface area contributed by atoms with E-state index < -0.39 is 29.6 Å². The van der Waals surface area contributed by atoms with E-state index in [0.29, 0.717) is 17.9 Å². The van der Waals surface area contributed by atoms with Crippen LogP contribution in [0.5, 0.6) is 5.75 Å². The van der Waals surface area contributed by atoms with Crippen molar-refractivity contribution < 1.29 is 38.7 Å². The predicted molar refractivity (Wildman–Crippen MR) is 170 cm³/mol. The molecule has 2 N–H and O–H groups in total. The van der Waals surface area contributed by atoms with Gasteiger partial charge in [-0.05, 0) is 53.3 Å². The fourth-order valence-electron chi connectivity index (χ4n) is 5.34. The number of ether oxygens (including phenoxy) is 4. The van der Waals surface area contributed by atoms with Crippen LogP contribution in [0.15, 0.2) is 134 Å². The molecule has 0 heterocycles. The van der Waals surface area contributed by atoms with Gasteiger partial charge in [0.1, 0.15) is 50.1 Å². The van der Waals surface area contributed by atoms with Gasteiger partial charge in [0.2, 0.25) is 0 Å². The molecule has 0 amide bonds. The van der Waals surface area contributed by atoms with Gasteiger partial charge in [-0.15, -0.1) is 0 Å². The van der Waals surface area contributed by atoms with E-state index in [0.717, 1.165) is 28.8 Å². The third-order valence-electron chi connectivity index (χ3n) is 7.44. The maximum absolute atomic E-state index is 11.3. The molecule has 1 aliphatic carbocycles. The van der Waals surface area contributed by atoms with Crippen LogP contribution in [0.3, 0.4) is 0 Å². The normalized spacial score (nSPS) is 15.6. The van der Waals surface area contributed by atoms with Crippen molar-refractivity contribution in [3.05, 3.63) is 151 Å². The van der Waals surface area contributed by atoms with Crippen LogP contribution >= 0.6 is 0 Å². The third-order valence-corrected chi connectivity index (χ3v) is 7.44. The standard InChI is InChI=1S/C37H38O8/c1-3-35(40)44-25-31(38)23-42-33-19-15-29(16-20-33)37(27-11-7-5-8-12-27,28-13-9-6-10-14-28)30-17-21-34(22-18-30)43-24-32(39)26-45-36(41)4-2/h3-17,19-22,30-32,38-39H,1-2,18,23-26H2. The SMILES string of the molecule is C=CC(=O)OCC(O)COC1=CCC(C(c2ccccc2)(c2ccccc2)c2ccc(OCC(O)COC(=O)C=C)cc2)C=C1. The summed E-state index contributed by atoms with van der Waals surface area (Å²) in [6.45, 7) is 6.24. The summed E-state index contributed by atoms with van der Waals surface area (Å²) in [7, 11) is 0. The highest BCUT2D eigenvalue weighted by Gasteiger charge is 2.42. The van der Waals surface area contributed by atoms with Gasteiger partial charge in [0.05, 0.1) is 5.41 Å². The van der Waals surface area contributed by atoms with Crippen molar-refractivity contribution in [1.29, 1.82) is 0 Å². The molecular weight excluding hydrogens is 572 g/mol. The van der Waals surface area contributed by atoms with E-state index in [9.17, 15) is 19.8 Å². The van der Waals surface area contributed by atoms with Crippen molar-refractivity contribution in [2.24, 2.45) is 5.92 Å². The molecule has 0 aromatic heterocycles. The minimum absolute atomic E-state index is 0.0127. The van der Waals surface area contributed by atoms with Gasteiger partial charge in [-0.25, -0.2) is 9.59 Å². The van der Waals surface area contributed by atoms with E-state index in [-0.39, 0.29) is 32.3 Å². The average Bonchev–Trinajstić information content (AvgIpc) is 3.10. The molecule has 4 rings (SSSR count). The maximum atomic E-state index is 11.3. The topological polar surface area (TPSA) is 112 Å². The summed E-state index contributed by atoms with van der Waals surface area (Å²) < 4.78 is 21.4. The van der Waals surface area contributed by atoms with Crippen molar-refractivity contribution in [2.45, 2.75) is 24.0 Å². The molecule has 8 heteroatoms. The minimum atomic E-state index is -0.986. The number of aliphatic hydroxyl groups excluding tert-OH is 2. The number of benzene rings is 3. The molecule has 3 atom stereocenters. The van der Waals surface area contributed by atoms with Crippen LogP contribution < -0.4 is 4.74 Å². The maximum Gasteiger partial charge on any atom is 0.330 e. The Hall–Kier alpha value is -4.92. The highest BCUT2D eigenvalue weighted by molar-refractivity contribution is 5.81. The van der Waals surface area contributed by atoms with E-state index in [1.807, 2.05) is 72.8 Å². The highest BCUT2D eigenvalue weighted by atomic mass is 16.6. The van der Waals surface area contributed by atoms with Gasteiger partial charge in [-0.3, -0.25) is 0 Å². The molecule has 3 unspecified atom stereocenters. The van der Waals surface area contributed by atoms with E-state index in [4.69, 9.17) is 18.9 Å². The summed E-state index contributed by atoms with van der Waals surface area (Å²) in [4.78, 5) is 22.6. The average molecular weight is 611 g/mol. The molecule has 3 aromatic rings. The predicted octanol–water partition coefficient (Wildman–Crippen LogP) is 5.06. The second-order valence-electron chi connectivity index (χ2n) is 10.5. The summed E-state index contributed by atoms with van der Waals surface area (Å²) in [5.41, 5.74) is 2.67. The Kier molecular flexibility index (Phi) is 11.9. The van der Waals surface area contributed by atoms with Gasteiger partial charge in [-0.2, -0.15) is 0 Å². The quantitative estimate of drug-likeness (QED) is 0.132. The summed E-state index contributed by atoms with van der Waals surface area (Å²) in [5, 5.41) is 20.3. The van der Waals surface area contributed by atoms with Crippen molar-refractivity contribution in [3.8, 4) is 5.75 Å². The third kappa shape index (κ3) is 8.59. The molecular formula is C37H38O8. The zero-order valence-electron chi connectivity index (χ0n) is 25.0. The fourth-order valence-corrected chi connectivity index (χ4v) is 5.34. The number of carbonyl (C=O) groups is 2. The Morgan fingerprint density at radius 3 is 1.69 bits per heavy atom. The smallest absolute Gasteiger partial charge is 0.330 e. The van der Waals surface area contributed by atoms with Crippen LogP contribution in [0, 0.1) is 5.92 Å². The van der Waals surface area contributed by atoms with Gasteiger partial charge in [0.25, 0.3) is 0 Å². The second-order valence-corrected chi connectivity index (χ2v) is 10.5. The van der Waals surface area contributed by atoms with Gasteiger partial charge >= 0.3 is 11.9 Å². The molecule has 0 aliphatic heterocycles. The number of hydrogen-bond acceptors (Lipinski definition) is 8. The van der Waals surface area contributed by atoms with E-state index in [1.54, 1.807) is 0 Å². The molecule has 8 nitrogen and oxygen atoms in total. The summed E-state index contributed by atoms with van der Waals surface area (Å²) in [6.07, 6.45) is 6.82. The van der Waals surface area contributed by atoms with E-state index in [1.165, 1.54) is 0 Å². The molecule has 234 valence electrons. The lowest BCUT2D eigenvalue weighted by Gasteiger charge is -2.42. The first-order valence-electron chi connectivity index (χ1n) is 14.7. The summed E-state index contributed by atoms with van der Waals surface area (Å²) in [6, 6.07) is 28.4. The molecule has 3 aromatic carbocycles. The second kappa shape index (κ2) is 16.2. The number of aliphatic hydroxyl groups is 2. The Labute approximate surface area is 263 Å². The van der Waals surface area contributed by atoms with E-state index >= 15 is 0 Å². The number of allylic oxidation sites excluding steroid dienone is 3. The van der Waals surface area contributed by atoms with E-state index in [2.05, 4.69) is 43.5 Å². The minimum Gasteiger partial charge on any atom is -0.491 e. The summed E-state index contributed by atoms with van der Waals surface area (Å²) in [5.74, 6) is -0.0331. The number of esters is 2. The molecule has 0 saturated heterocycles. The molecule has 0 radical (unpaired) electrons. The van der Waals surface area contributed by atoms with Crippen LogP contribution in [0.1, 0.15) is 23.1 Å². The van der Waals surface area contributed by atoms with Crippen LogP contribution in [0.4, 0.5) is 0 Å². The number of hydrogen-bond donors (Lipinski definition) is 2. The Balaban J connectivity index is 1.58. The number of rotatable bonds is 16. The van der Waals surface area contributed by atoms with Gasteiger partial charge in [-0.1, -0.05) is 92.0 Å². The lowest BCUT2D eigenvalue weighted by molar-refractivity contribution is -0.142. The number of carbonyl (C=O) groups excluding carboxylic acids is 2. The first-order valence-corrected chi connectivity index (χ1v) is 14.7. The molecule has 0 spiro atoms. The van der Waals surface area contributed by atoms with Crippen LogP contribution in [0.25, 0.3) is 0 Å². The van der Waals surface area contributed by atoms with Crippen molar-refractivity contribution in [1.82, 2.24) is 0 Å². The van der Waals surface area contributed by atoms with Gasteiger partial charge in [0.15, 0.2) is 0 Å². The monoisotopic (exact) mass is 610 g/mol. The zero-order chi connectivity index (χ0) is 32.1. The Morgan fingerprint density at radius 1 is 0.733 bits per heavy atom. The van der Waals surface area contributed by atoms with Crippen molar-refractivity contribution >= 4 is 11.9 Å². The van der Waals surface area contributed by atoms with Crippen LogP contribution in [-0.4, -0.2) is 60.8 Å². The highest BCUT2D eigenvalue weighted by Crippen LogP contribution is 2.48. The zero-order valence-corrected chi connectivity index (χ0v) is 25.0.